The molecule has 1 aliphatic rings. The van der Waals surface area contributed by atoms with E-state index in [1.165, 1.54) is 5.56 Å². The highest BCUT2D eigenvalue weighted by Crippen LogP contribution is 2.37. The van der Waals surface area contributed by atoms with E-state index in [9.17, 15) is 9.59 Å². The molecule has 1 aromatic heterocycles. The predicted octanol–water partition coefficient (Wildman–Crippen LogP) is 4.56. The molecule has 0 spiro atoms. The Hall–Kier alpha value is -2.82. The number of carbonyl (C=O) groups is 2. The molecule has 0 saturated heterocycles. The Kier molecular flexibility index (Phi) is 5.20. The number of H-pyrrole nitrogens is 1. The Morgan fingerprint density at radius 2 is 1.93 bits per heavy atom. The topological polar surface area (TPSA) is 74.0 Å². The number of carbonyl (C=O) groups excluding carboxylic acids is 2. The zero-order chi connectivity index (χ0) is 20.6. The van der Waals surface area contributed by atoms with Crippen LogP contribution in [-0.2, 0) is 10.2 Å². The molecular weight excluding hydrogens is 350 g/mol. The molecule has 5 nitrogen and oxygen atoms in total. The van der Waals surface area contributed by atoms with E-state index < -0.39 is 0 Å². The maximum Gasteiger partial charge on any atom is 0.256 e. The van der Waals surface area contributed by atoms with Gasteiger partial charge in [-0.25, -0.2) is 0 Å². The lowest BCUT2D eigenvalue weighted by molar-refractivity contribution is -0.110. The molecule has 2 aromatic rings. The van der Waals surface area contributed by atoms with Crippen LogP contribution in [0.15, 0.2) is 18.2 Å². The minimum Gasteiger partial charge on any atom is -0.358 e. The van der Waals surface area contributed by atoms with Crippen LogP contribution in [0, 0.1) is 13.8 Å². The van der Waals surface area contributed by atoms with Crippen LogP contribution in [-0.4, -0.2) is 23.3 Å². The van der Waals surface area contributed by atoms with Crippen molar-refractivity contribution in [1.29, 1.82) is 0 Å². The average molecular weight is 380 g/mol. The third-order valence-electron chi connectivity index (χ3n) is 5.20. The smallest absolute Gasteiger partial charge is 0.256 e. The van der Waals surface area contributed by atoms with Crippen molar-refractivity contribution < 1.29 is 9.59 Å². The number of aryl methyl sites for hydroxylation is 1. The molecule has 0 aliphatic carbocycles. The zero-order valence-electron chi connectivity index (χ0n) is 17.5. The number of aromatic amines is 1. The van der Waals surface area contributed by atoms with Crippen LogP contribution in [0.3, 0.4) is 0 Å². The highest BCUT2D eigenvalue weighted by Gasteiger charge is 2.27. The van der Waals surface area contributed by atoms with Gasteiger partial charge in [0.15, 0.2) is 0 Å². The molecule has 0 atom stereocenters. The normalized spacial score (nSPS) is 14.9. The first-order valence-electron chi connectivity index (χ1n) is 9.78. The first-order valence-corrected chi connectivity index (χ1v) is 9.78. The number of hydrogen-bond donors (Lipinski definition) is 3. The highest BCUT2D eigenvalue weighted by molar-refractivity contribution is 6.35. The third-order valence-corrected chi connectivity index (χ3v) is 5.20. The Balaban J connectivity index is 2.04. The second-order valence-corrected chi connectivity index (χ2v) is 8.44. The largest absolute Gasteiger partial charge is 0.358 e. The Morgan fingerprint density at radius 1 is 1.21 bits per heavy atom. The molecule has 1 aromatic carbocycles. The SMILES string of the molecule is CCCNC(=O)c1c(C)[nH]c(/C=C2\C(=O)Nc3ccc(C(C)(C)C)cc32)c1C. The van der Waals surface area contributed by atoms with Crippen LogP contribution in [0.2, 0.25) is 0 Å². The second kappa shape index (κ2) is 7.30. The van der Waals surface area contributed by atoms with Gasteiger partial charge in [-0.15, -0.1) is 0 Å². The number of hydrogen-bond acceptors (Lipinski definition) is 2. The van der Waals surface area contributed by atoms with Crippen molar-refractivity contribution in [1.82, 2.24) is 10.3 Å². The molecule has 28 heavy (non-hydrogen) atoms. The summed E-state index contributed by atoms with van der Waals surface area (Å²) in [5, 5.41) is 5.86. The van der Waals surface area contributed by atoms with Crippen molar-refractivity contribution >= 4 is 29.2 Å². The van der Waals surface area contributed by atoms with E-state index in [2.05, 4.69) is 48.5 Å². The number of amides is 2. The average Bonchev–Trinajstić information content (AvgIpc) is 3.08. The fourth-order valence-electron chi connectivity index (χ4n) is 3.53. The summed E-state index contributed by atoms with van der Waals surface area (Å²) >= 11 is 0. The summed E-state index contributed by atoms with van der Waals surface area (Å²) in [5.74, 6) is -0.200. The van der Waals surface area contributed by atoms with Crippen LogP contribution in [0.1, 0.15) is 72.6 Å². The van der Waals surface area contributed by atoms with Crippen LogP contribution < -0.4 is 10.6 Å². The van der Waals surface area contributed by atoms with Gasteiger partial charge >= 0.3 is 0 Å². The summed E-state index contributed by atoms with van der Waals surface area (Å²) in [4.78, 5) is 28.4. The first kappa shape index (κ1) is 19.9. The minimum atomic E-state index is -0.121. The van der Waals surface area contributed by atoms with Gasteiger partial charge in [-0.3, -0.25) is 9.59 Å². The van der Waals surface area contributed by atoms with Gasteiger partial charge in [-0.1, -0.05) is 33.8 Å². The van der Waals surface area contributed by atoms with Gasteiger partial charge in [-0.2, -0.15) is 0 Å². The number of aromatic nitrogens is 1. The highest BCUT2D eigenvalue weighted by atomic mass is 16.2. The molecule has 148 valence electrons. The summed E-state index contributed by atoms with van der Waals surface area (Å²) < 4.78 is 0. The lowest BCUT2D eigenvalue weighted by Gasteiger charge is -2.19. The summed E-state index contributed by atoms with van der Waals surface area (Å²) in [5.41, 5.74) is 6.62. The summed E-state index contributed by atoms with van der Waals surface area (Å²) in [6.07, 6.45) is 2.74. The number of nitrogens with one attached hydrogen (secondary N) is 3. The van der Waals surface area contributed by atoms with Crippen molar-refractivity contribution in [3.05, 3.63) is 51.8 Å². The maximum atomic E-state index is 12.6. The van der Waals surface area contributed by atoms with Gasteiger partial charge < -0.3 is 15.6 Å². The Labute approximate surface area is 166 Å². The third kappa shape index (κ3) is 3.61. The van der Waals surface area contributed by atoms with Crippen molar-refractivity contribution in [2.24, 2.45) is 0 Å². The van der Waals surface area contributed by atoms with Gasteiger partial charge in [0.2, 0.25) is 0 Å². The molecule has 0 radical (unpaired) electrons. The second-order valence-electron chi connectivity index (χ2n) is 8.44. The first-order chi connectivity index (χ1) is 13.1. The molecule has 2 amide bonds. The van der Waals surface area contributed by atoms with Crippen molar-refractivity contribution in [2.45, 2.75) is 53.4 Å². The van der Waals surface area contributed by atoms with Gasteiger partial charge in [-0.05, 0) is 55.0 Å². The standard InChI is InChI=1S/C23H29N3O2/c1-7-10-24-22(28)20-13(2)19(25-14(20)3)12-17-16-11-15(23(4,5)6)8-9-18(16)26-21(17)27/h8-9,11-12,25H,7,10H2,1-6H3,(H,24,28)(H,26,27)/b17-12-. The number of rotatable bonds is 4. The fraction of sp³-hybridized carbons (Fsp3) is 0.391. The van der Waals surface area contributed by atoms with E-state index in [1.54, 1.807) is 0 Å². The molecule has 0 unspecified atom stereocenters. The molecule has 3 N–H and O–H groups in total. The molecule has 5 heteroatoms. The van der Waals surface area contributed by atoms with Gasteiger partial charge in [0.25, 0.3) is 11.8 Å². The van der Waals surface area contributed by atoms with E-state index in [4.69, 9.17) is 0 Å². The van der Waals surface area contributed by atoms with E-state index >= 15 is 0 Å². The summed E-state index contributed by atoms with van der Waals surface area (Å²) in [6.45, 7) is 12.9. The lowest BCUT2D eigenvalue weighted by atomic mass is 9.85. The van der Waals surface area contributed by atoms with Crippen molar-refractivity contribution in [2.75, 3.05) is 11.9 Å². The molecule has 3 rings (SSSR count). The molecule has 0 bridgehead atoms. The van der Waals surface area contributed by atoms with Gasteiger partial charge in [0.05, 0.1) is 11.1 Å². The number of benzene rings is 1. The quantitative estimate of drug-likeness (QED) is 0.681. The van der Waals surface area contributed by atoms with Crippen molar-refractivity contribution in [3.8, 4) is 0 Å². The molecule has 1 aliphatic heterocycles. The molecule has 0 fully saturated rings. The maximum absolute atomic E-state index is 12.6. The van der Waals surface area contributed by atoms with Crippen LogP contribution in [0.4, 0.5) is 5.69 Å². The zero-order valence-corrected chi connectivity index (χ0v) is 17.5. The molecule has 0 saturated carbocycles. The van der Waals surface area contributed by atoms with Gasteiger partial charge in [0.1, 0.15) is 0 Å². The van der Waals surface area contributed by atoms with E-state index in [-0.39, 0.29) is 17.2 Å². The number of fused-ring (bicyclic) bond motifs is 1. The van der Waals surface area contributed by atoms with Crippen molar-refractivity contribution in [3.63, 3.8) is 0 Å². The summed E-state index contributed by atoms with van der Waals surface area (Å²) in [7, 11) is 0. The fourth-order valence-corrected chi connectivity index (χ4v) is 3.53. The van der Waals surface area contributed by atoms with Crippen LogP contribution in [0.25, 0.3) is 11.6 Å². The van der Waals surface area contributed by atoms with Gasteiger partial charge in [0, 0.05) is 29.2 Å². The van der Waals surface area contributed by atoms with E-state index in [1.807, 2.05) is 32.9 Å². The van der Waals surface area contributed by atoms with E-state index in [0.29, 0.717) is 17.7 Å². The Morgan fingerprint density at radius 3 is 2.57 bits per heavy atom. The van der Waals surface area contributed by atoms with Crippen LogP contribution in [0.5, 0.6) is 0 Å². The predicted molar refractivity (Wildman–Crippen MR) is 115 cm³/mol. The van der Waals surface area contributed by atoms with Crippen LogP contribution >= 0.6 is 0 Å². The monoisotopic (exact) mass is 379 g/mol. The Bertz CT molecular complexity index is 974. The lowest BCUT2D eigenvalue weighted by Crippen LogP contribution is -2.24. The number of anilines is 1. The summed E-state index contributed by atoms with van der Waals surface area (Å²) in [6, 6.07) is 6.10. The van der Waals surface area contributed by atoms with E-state index in [0.717, 1.165) is 34.6 Å². The molecular formula is C23H29N3O2. The molecule has 2 heterocycles. The minimum absolute atomic E-state index is 0.00471.